The number of methoxy groups -OCH3 is 1. The maximum absolute atomic E-state index is 13.7. The number of halogens is 2. The Kier molecular flexibility index (Phi) is 7.45. The lowest BCUT2D eigenvalue weighted by atomic mass is 10.2. The van der Waals surface area contributed by atoms with Crippen LogP contribution >= 0.6 is 0 Å². The Morgan fingerprint density at radius 1 is 1.27 bits per heavy atom. The Morgan fingerprint density at radius 3 is 2.45 bits per heavy atom. The van der Waals surface area contributed by atoms with E-state index in [0.29, 0.717) is 19.6 Å². The lowest BCUT2D eigenvalue weighted by Crippen LogP contribution is -2.35. The van der Waals surface area contributed by atoms with Crippen molar-refractivity contribution in [1.29, 1.82) is 0 Å². The van der Waals surface area contributed by atoms with Gasteiger partial charge < -0.3 is 15.0 Å². The molecule has 0 aliphatic carbocycles. The summed E-state index contributed by atoms with van der Waals surface area (Å²) in [6, 6.07) is 3.35. The van der Waals surface area contributed by atoms with Crippen LogP contribution in [0.25, 0.3) is 0 Å². The van der Waals surface area contributed by atoms with Gasteiger partial charge in [-0.15, -0.1) is 0 Å². The molecule has 0 bridgehead atoms. The van der Waals surface area contributed by atoms with Crippen molar-refractivity contribution in [2.75, 3.05) is 31.7 Å². The summed E-state index contributed by atoms with van der Waals surface area (Å²) in [5, 5.41) is 2.65. The predicted molar refractivity (Wildman–Crippen MR) is 78.5 cm³/mol. The molecule has 0 aliphatic rings. The van der Waals surface area contributed by atoms with E-state index in [2.05, 4.69) is 5.32 Å². The quantitative estimate of drug-likeness (QED) is 0.745. The van der Waals surface area contributed by atoms with Crippen LogP contribution in [0.2, 0.25) is 0 Å². The zero-order valence-electron chi connectivity index (χ0n) is 12.7. The van der Waals surface area contributed by atoms with E-state index in [1.54, 1.807) is 7.11 Å². The third kappa shape index (κ3) is 5.40. The van der Waals surface area contributed by atoms with Gasteiger partial charge in [0.25, 0.3) is 0 Å². The highest BCUT2D eigenvalue weighted by Crippen LogP contribution is 2.23. The third-order valence-corrected chi connectivity index (χ3v) is 3.00. The van der Waals surface area contributed by atoms with Gasteiger partial charge in [0.05, 0.1) is 0 Å². The molecule has 0 heterocycles. The van der Waals surface area contributed by atoms with E-state index in [0.717, 1.165) is 17.0 Å². The maximum Gasteiger partial charge on any atom is 0.224 e. The molecular weight excluding hydrogens is 294 g/mol. The molecule has 0 spiro atoms. The average Bonchev–Trinajstić information content (AvgIpc) is 2.46. The highest BCUT2D eigenvalue weighted by atomic mass is 19.1. The van der Waals surface area contributed by atoms with Crippen LogP contribution in [0.5, 0.6) is 0 Å². The zero-order valence-corrected chi connectivity index (χ0v) is 12.7. The number of nitrogens with zero attached hydrogens (tertiary/aromatic N) is 1. The van der Waals surface area contributed by atoms with Crippen molar-refractivity contribution in [1.82, 2.24) is 5.32 Å². The standard InChI is InChI=1S/C15H20F2N2O3/c1-11(20)19(15-12(16)5-3-6-13(15)17)9-7-14(21)18-8-4-10-22-2/h3,5-6H,4,7-10H2,1-2H3,(H,18,21). The topological polar surface area (TPSA) is 58.6 Å². The fourth-order valence-corrected chi connectivity index (χ4v) is 1.92. The number of para-hydroxylation sites is 1. The van der Waals surface area contributed by atoms with Crippen molar-refractivity contribution < 1.29 is 23.1 Å². The van der Waals surface area contributed by atoms with Crippen LogP contribution in [0, 0.1) is 11.6 Å². The summed E-state index contributed by atoms with van der Waals surface area (Å²) < 4.78 is 32.3. The Balaban J connectivity index is 2.63. The third-order valence-electron chi connectivity index (χ3n) is 3.00. The second kappa shape index (κ2) is 9.09. The van der Waals surface area contributed by atoms with Crippen LogP contribution in [0.4, 0.5) is 14.5 Å². The second-order valence-electron chi connectivity index (χ2n) is 4.69. The van der Waals surface area contributed by atoms with E-state index < -0.39 is 23.2 Å². The number of carbonyl (C=O) groups is 2. The van der Waals surface area contributed by atoms with Gasteiger partial charge >= 0.3 is 0 Å². The molecule has 0 unspecified atom stereocenters. The summed E-state index contributed by atoms with van der Waals surface area (Å²) in [6.45, 7) is 2.08. The minimum atomic E-state index is -0.837. The van der Waals surface area contributed by atoms with Crippen molar-refractivity contribution in [3.63, 3.8) is 0 Å². The fourth-order valence-electron chi connectivity index (χ4n) is 1.92. The van der Waals surface area contributed by atoms with Gasteiger partial charge in [0.15, 0.2) is 0 Å². The normalized spacial score (nSPS) is 10.4. The molecule has 0 saturated carbocycles. The first-order valence-corrected chi connectivity index (χ1v) is 6.95. The van der Waals surface area contributed by atoms with Crippen molar-refractivity contribution >= 4 is 17.5 Å². The van der Waals surface area contributed by atoms with Gasteiger partial charge in [-0.3, -0.25) is 9.59 Å². The number of carbonyl (C=O) groups excluding carboxylic acids is 2. The summed E-state index contributed by atoms with van der Waals surface area (Å²) in [7, 11) is 1.56. The van der Waals surface area contributed by atoms with Crippen LogP contribution in [0.1, 0.15) is 19.8 Å². The highest BCUT2D eigenvalue weighted by Gasteiger charge is 2.20. The van der Waals surface area contributed by atoms with Crippen molar-refractivity contribution in [3.05, 3.63) is 29.8 Å². The van der Waals surface area contributed by atoms with Crippen molar-refractivity contribution in [2.24, 2.45) is 0 Å². The molecule has 5 nitrogen and oxygen atoms in total. The number of rotatable bonds is 8. The lowest BCUT2D eigenvalue weighted by Gasteiger charge is -2.22. The minimum absolute atomic E-state index is 0.0413. The molecule has 122 valence electrons. The number of ether oxygens (including phenoxy) is 1. The molecule has 22 heavy (non-hydrogen) atoms. The minimum Gasteiger partial charge on any atom is -0.385 e. The van der Waals surface area contributed by atoms with Crippen molar-refractivity contribution in [2.45, 2.75) is 19.8 Å². The summed E-state index contributed by atoms with van der Waals surface area (Å²) >= 11 is 0. The Hall–Kier alpha value is -2.02. The average molecular weight is 314 g/mol. The summed E-state index contributed by atoms with van der Waals surface area (Å²) in [4.78, 5) is 24.2. The SMILES string of the molecule is COCCCNC(=O)CCN(C(C)=O)c1c(F)cccc1F. The number of amides is 2. The largest absolute Gasteiger partial charge is 0.385 e. The smallest absolute Gasteiger partial charge is 0.224 e. The number of hydrogen-bond acceptors (Lipinski definition) is 3. The van der Waals surface area contributed by atoms with E-state index in [9.17, 15) is 18.4 Å². The first kappa shape index (κ1) is 18.0. The fraction of sp³-hybridized carbons (Fsp3) is 0.467. The number of benzene rings is 1. The first-order valence-electron chi connectivity index (χ1n) is 6.95. The second-order valence-corrected chi connectivity index (χ2v) is 4.69. The number of nitrogens with one attached hydrogen (secondary N) is 1. The molecule has 7 heteroatoms. The summed E-state index contributed by atoms with van der Waals surface area (Å²) in [5.74, 6) is -2.50. The van der Waals surface area contributed by atoms with E-state index >= 15 is 0 Å². The van der Waals surface area contributed by atoms with Gasteiger partial charge in [-0.25, -0.2) is 8.78 Å². The summed E-state index contributed by atoms with van der Waals surface area (Å²) in [5.41, 5.74) is -0.429. The molecular formula is C15H20F2N2O3. The van der Waals surface area contributed by atoms with E-state index in [1.165, 1.54) is 13.0 Å². The Labute approximate surface area is 128 Å². The predicted octanol–water partition coefficient (Wildman–Crippen LogP) is 1.86. The summed E-state index contributed by atoms with van der Waals surface area (Å²) in [6.07, 6.45) is 0.626. The van der Waals surface area contributed by atoms with Crippen molar-refractivity contribution in [3.8, 4) is 0 Å². The molecule has 1 aromatic rings. The van der Waals surface area contributed by atoms with Gasteiger partial charge in [0.2, 0.25) is 11.8 Å². The van der Waals surface area contributed by atoms with E-state index in [-0.39, 0.29) is 18.9 Å². The maximum atomic E-state index is 13.7. The molecule has 2 amide bonds. The van der Waals surface area contributed by atoms with Gasteiger partial charge in [-0.1, -0.05) is 6.07 Å². The molecule has 0 aromatic heterocycles. The van der Waals surface area contributed by atoms with Gasteiger partial charge in [0.1, 0.15) is 17.3 Å². The van der Waals surface area contributed by atoms with Gasteiger partial charge in [0, 0.05) is 40.2 Å². The van der Waals surface area contributed by atoms with Crippen LogP contribution in [-0.2, 0) is 14.3 Å². The van der Waals surface area contributed by atoms with Crippen LogP contribution < -0.4 is 10.2 Å². The Morgan fingerprint density at radius 2 is 1.91 bits per heavy atom. The van der Waals surface area contributed by atoms with Crippen LogP contribution in [-0.4, -0.2) is 38.6 Å². The number of anilines is 1. The van der Waals surface area contributed by atoms with Crippen LogP contribution in [0.15, 0.2) is 18.2 Å². The molecule has 0 aliphatic heterocycles. The molecule has 0 saturated heterocycles. The molecule has 0 atom stereocenters. The van der Waals surface area contributed by atoms with E-state index in [1.807, 2.05) is 0 Å². The molecule has 1 rings (SSSR count). The molecule has 0 fully saturated rings. The van der Waals surface area contributed by atoms with Crippen LogP contribution in [0.3, 0.4) is 0 Å². The molecule has 1 N–H and O–H groups in total. The monoisotopic (exact) mass is 314 g/mol. The molecule has 0 radical (unpaired) electrons. The zero-order chi connectivity index (χ0) is 16.5. The Bertz CT molecular complexity index is 503. The van der Waals surface area contributed by atoms with Gasteiger partial charge in [-0.05, 0) is 18.6 Å². The molecule has 1 aromatic carbocycles. The first-order chi connectivity index (χ1) is 10.5. The van der Waals surface area contributed by atoms with E-state index in [4.69, 9.17) is 4.74 Å². The van der Waals surface area contributed by atoms with Gasteiger partial charge in [-0.2, -0.15) is 0 Å². The number of hydrogen-bond donors (Lipinski definition) is 1. The highest BCUT2D eigenvalue weighted by molar-refractivity contribution is 5.92. The lowest BCUT2D eigenvalue weighted by molar-refractivity contribution is -0.121.